The second-order valence-corrected chi connectivity index (χ2v) is 7.29. The molecule has 2 unspecified atom stereocenters. The van der Waals surface area contributed by atoms with Crippen LogP contribution in [0.25, 0.3) is 0 Å². The fourth-order valence-electron chi connectivity index (χ4n) is 3.05. The van der Waals surface area contributed by atoms with Crippen LogP contribution in [0.2, 0.25) is 0 Å². The van der Waals surface area contributed by atoms with Gasteiger partial charge in [0.05, 0.1) is 18.3 Å². The second kappa shape index (κ2) is 14.9. The molecule has 0 amide bonds. The molecule has 0 fully saturated rings. The summed E-state index contributed by atoms with van der Waals surface area (Å²) < 4.78 is 45.6. The van der Waals surface area contributed by atoms with Crippen LogP contribution in [0.1, 0.15) is 69.4 Å². The molecule has 1 aromatic rings. The number of hydrogen-bond donors (Lipinski definition) is 3. The number of rotatable bonds is 14. The molecule has 0 saturated carbocycles. The number of hydrogen-bond acceptors (Lipinski definition) is 4. The van der Waals surface area contributed by atoms with E-state index >= 15 is 0 Å². The maximum Gasteiger partial charge on any atom is 0.419 e. The van der Waals surface area contributed by atoms with Crippen LogP contribution in [-0.2, 0) is 12.6 Å². The summed E-state index contributed by atoms with van der Waals surface area (Å²) in [5, 5.41) is 18.4. The first kappa shape index (κ1) is 28.0. The number of aliphatic hydroxyl groups is 2. The number of ether oxygens (including phenoxy) is 1. The van der Waals surface area contributed by atoms with Gasteiger partial charge in [0.15, 0.2) is 0 Å². The summed E-state index contributed by atoms with van der Waals surface area (Å²) in [6, 6.07) is 3.81. The van der Waals surface area contributed by atoms with Gasteiger partial charge in [-0.05, 0) is 49.8 Å². The van der Waals surface area contributed by atoms with Gasteiger partial charge in [0, 0.05) is 12.6 Å². The normalized spacial score (nSPS) is 13.6. The molecule has 0 aliphatic rings. The van der Waals surface area contributed by atoms with E-state index in [9.17, 15) is 18.3 Å². The number of benzene rings is 1. The second-order valence-electron chi connectivity index (χ2n) is 7.29. The van der Waals surface area contributed by atoms with Crippen molar-refractivity contribution in [2.75, 3.05) is 13.2 Å². The van der Waals surface area contributed by atoms with Crippen LogP contribution in [0.5, 0.6) is 5.75 Å². The van der Waals surface area contributed by atoms with E-state index in [0.717, 1.165) is 38.2 Å². The topological polar surface area (TPSA) is 75.7 Å². The molecule has 0 heterocycles. The first-order valence-electron chi connectivity index (χ1n) is 10.1. The minimum Gasteiger partial charge on any atom is -0.493 e. The van der Waals surface area contributed by atoms with E-state index in [1.165, 1.54) is 6.07 Å². The molecule has 170 valence electrons. The number of aliphatic hydroxyl groups excluding tert-OH is 2. The number of halogens is 4. The van der Waals surface area contributed by atoms with Crippen LogP contribution in [0.15, 0.2) is 18.2 Å². The van der Waals surface area contributed by atoms with Crippen LogP contribution in [0.3, 0.4) is 0 Å². The van der Waals surface area contributed by atoms with Crippen molar-refractivity contribution in [3.8, 4) is 5.75 Å². The zero-order chi connectivity index (χ0) is 21.0. The van der Waals surface area contributed by atoms with E-state index in [4.69, 9.17) is 15.6 Å². The average molecular weight is 442 g/mol. The maximum absolute atomic E-state index is 13.4. The average Bonchev–Trinajstić information content (AvgIpc) is 2.62. The van der Waals surface area contributed by atoms with Crippen molar-refractivity contribution in [1.82, 2.24) is 0 Å². The molecule has 0 aliphatic heterocycles. The Morgan fingerprint density at radius 3 is 2.41 bits per heavy atom. The Labute approximate surface area is 178 Å². The highest BCUT2D eigenvalue weighted by Gasteiger charge is 2.34. The van der Waals surface area contributed by atoms with Crippen LogP contribution < -0.4 is 10.5 Å². The maximum atomic E-state index is 13.4. The summed E-state index contributed by atoms with van der Waals surface area (Å²) in [6.45, 7) is 2.26. The lowest BCUT2D eigenvalue weighted by Gasteiger charge is -2.17. The van der Waals surface area contributed by atoms with Crippen molar-refractivity contribution in [2.24, 2.45) is 5.73 Å². The highest BCUT2D eigenvalue weighted by molar-refractivity contribution is 5.85. The SMILES string of the molecule is CCCCCCCOc1ccc(CCC(N)CC(O)CCO)cc1C(F)(F)F.Cl. The predicted molar refractivity (Wildman–Crippen MR) is 112 cm³/mol. The predicted octanol–water partition coefficient (Wildman–Crippen LogP) is 4.87. The Morgan fingerprint density at radius 2 is 1.79 bits per heavy atom. The number of aryl methyl sites for hydroxylation is 1. The van der Waals surface area contributed by atoms with E-state index in [1.807, 2.05) is 0 Å². The van der Waals surface area contributed by atoms with Gasteiger partial charge >= 0.3 is 6.18 Å². The number of unbranched alkanes of at least 4 members (excludes halogenated alkanes) is 4. The summed E-state index contributed by atoms with van der Waals surface area (Å²) in [4.78, 5) is 0. The summed E-state index contributed by atoms with van der Waals surface area (Å²) in [5.41, 5.74) is 5.71. The molecular weight excluding hydrogens is 407 g/mol. The standard InChI is InChI=1S/C21H34F3NO3.ClH/c1-2-3-4-5-6-13-28-20-10-8-16(14-19(20)21(22,23)24)7-9-17(25)15-18(27)11-12-26;/h8,10,14,17-18,26-27H,2-7,9,11-13,15,25H2,1H3;1H. The lowest BCUT2D eigenvalue weighted by atomic mass is 9.99. The Morgan fingerprint density at radius 1 is 1.10 bits per heavy atom. The Hall–Kier alpha value is -1.02. The number of nitrogens with two attached hydrogens (primary N) is 1. The van der Waals surface area contributed by atoms with Gasteiger partial charge in [-0.2, -0.15) is 13.2 Å². The minimum atomic E-state index is -4.48. The van der Waals surface area contributed by atoms with Crippen LogP contribution >= 0.6 is 12.4 Å². The van der Waals surface area contributed by atoms with Gasteiger partial charge in [-0.3, -0.25) is 0 Å². The summed E-state index contributed by atoms with van der Waals surface area (Å²) >= 11 is 0. The van der Waals surface area contributed by atoms with Crippen molar-refractivity contribution in [3.63, 3.8) is 0 Å². The summed E-state index contributed by atoms with van der Waals surface area (Å²) in [7, 11) is 0. The Balaban J connectivity index is 0.00000784. The fraction of sp³-hybridized carbons (Fsp3) is 0.714. The molecule has 4 N–H and O–H groups in total. The third kappa shape index (κ3) is 11.7. The first-order valence-corrected chi connectivity index (χ1v) is 10.1. The molecule has 1 aromatic carbocycles. The quantitative estimate of drug-likeness (QED) is 0.360. The van der Waals surface area contributed by atoms with E-state index in [2.05, 4.69) is 6.92 Å². The van der Waals surface area contributed by atoms with Crippen LogP contribution in [0, 0.1) is 0 Å². The molecule has 0 radical (unpaired) electrons. The molecule has 8 heteroatoms. The first-order chi connectivity index (χ1) is 13.3. The highest BCUT2D eigenvalue weighted by Crippen LogP contribution is 2.37. The van der Waals surface area contributed by atoms with Crippen molar-refractivity contribution < 1.29 is 28.1 Å². The van der Waals surface area contributed by atoms with Gasteiger partial charge in [-0.1, -0.05) is 38.7 Å². The number of alkyl halides is 3. The molecule has 0 spiro atoms. The zero-order valence-corrected chi connectivity index (χ0v) is 17.9. The zero-order valence-electron chi connectivity index (χ0n) is 17.1. The molecule has 0 aromatic heterocycles. The monoisotopic (exact) mass is 441 g/mol. The van der Waals surface area contributed by atoms with Gasteiger partial charge in [-0.15, -0.1) is 12.4 Å². The van der Waals surface area contributed by atoms with Crippen LogP contribution in [0.4, 0.5) is 13.2 Å². The third-order valence-electron chi connectivity index (χ3n) is 4.70. The van der Waals surface area contributed by atoms with E-state index < -0.39 is 17.8 Å². The Bertz CT molecular complexity index is 558. The van der Waals surface area contributed by atoms with E-state index in [0.29, 0.717) is 24.8 Å². The largest absolute Gasteiger partial charge is 0.493 e. The lowest BCUT2D eigenvalue weighted by molar-refractivity contribution is -0.139. The van der Waals surface area contributed by atoms with Crippen LogP contribution in [-0.4, -0.2) is 35.6 Å². The van der Waals surface area contributed by atoms with Gasteiger partial charge < -0.3 is 20.7 Å². The summed E-state index contributed by atoms with van der Waals surface area (Å²) in [6.07, 6.45) is 1.22. The van der Waals surface area contributed by atoms with E-state index in [-0.39, 0.29) is 43.8 Å². The molecule has 4 nitrogen and oxygen atoms in total. The molecule has 29 heavy (non-hydrogen) atoms. The van der Waals surface area contributed by atoms with Crippen molar-refractivity contribution in [1.29, 1.82) is 0 Å². The molecule has 0 saturated heterocycles. The molecule has 0 aliphatic carbocycles. The smallest absolute Gasteiger partial charge is 0.419 e. The van der Waals surface area contributed by atoms with Crippen molar-refractivity contribution >= 4 is 12.4 Å². The lowest BCUT2D eigenvalue weighted by Crippen LogP contribution is -2.27. The molecule has 2 atom stereocenters. The van der Waals surface area contributed by atoms with Gasteiger partial charge in [0.25, 0.3) is 0 Å². The Kier molecular flexibility index (Phi) is 14.4. The molecular formula is C21H35ClF3NO3. The fourth-order valence-corrected chi connectivity index (χ4v) is 3.05. The highest BCUT2D eigenvalue weighted by atomic mass is 35.5. The molecule has 0 bridgehead atoms. The van der Waals surface area contributed by atoms with Gasteiger partial charge in [-0.25, -0.2) is 0 Å². The van der Waals surface area contributed by atoms with Gasteiger partial charge in [0.2, 0.25) is 0 Å². The van der Waals surface area contributed by atoms with Crippen molar-refractivity contribution in [3.05, 3.63) is 29.3 Å². The minimum absolute atomic E-state index is 0. The van der Waals surface area contributed by atoms with Crippen molar-refractivity contribution in [2.45, 2.75) is 83.0 Å². The van der Waals surface area contributed by atoms with E-state index in [1.54, 1.807) is 6.07 Å². The summed E-state index contributed by atoms with van der Waals surface area (Å²) in [5.74, 6) is -0.130. The molecule has 1 rings (SSSR count). The van der Waals surface area contributed by atoms with Gasteiger partial charge in [0.1, 0.15) is 5.75 Å². The third-order valence-corrected chi connectivity index (χ3v) is 4.70.